The van der Waals surface area contributed by atoms with Crippen LogP contribution in [0.5, 0.6) is 5.75 Å². The Morgan fingerprint density at radius 3 is 2.86 bits per heavy atom. The Morgan fingerprint density at radius 1 is 1.23 bits per heavy atom. The molecule has 1 aliphatic heterocycles. The van der Waals surface area contributed by atoms with E-state index >= 15 is 0 Å². The van der Waals surface area contributed by atoms with Gasteiger partial charge in [-0.25, -0.2) is 0 Å². The first-order valence-electron chi connectivity index (χ1n) is 7.54. The molecule has 0 atom stereocenters. The van der Waals surface area contributed by atoms with Gasteiger partial charge in [-0.15, -0.1) is 0 Å². The first-order valence-corrected chi connectivity index (χ1v) is 7.54. The minimum absolute atomic E-state index is 0.0791. The number of fused-ring (bicyclic) bond motifs is 1. The van der Waals surface area contributed by atoms with E-state index < -0.39 is 0 Å². The normalized spacial score (nSPS) is 15.8. The highest BCUT2D eigenvalue weighted by Gasteiger charge is 2.12. The van der Waals surface area contributed by atoms with Crippen LogP contribution < -0.4 is 5.32 Å². The molecule has 3 rings (SSSR count). The van der Waals surface area contributed by atoms with E-state index in [0.29, 0.717) is 12.1 Å². The molecule has 1 fully saturated rings. The fourth-order valence-corrected chi connectivity index (χ4v) is 2.72. The smallest absolute Gasteiger partial charge is 0.251 e. The number of hydrogen-bond donors (Lipinski definition) is 2. The minimum Gasteiger partial charge on any atom is -0.508 e. The molecule has 2 aromatic rings. The van der Waals surface area contributed by atoms with Crippen molar-refractivity contribution < 1.29 is 14.6 Å². The number of amides is 1. The van der Waals surface area contributed by atoms with Gasteiger partial charge < -0.3 is 15.2 Å². The second kappa shape index (κ2) is 6.77. The van der Waals surface area contributed by atoms with Crippen LogP contribution in [0.4, 0.5) is 0 Å². The molecule has 1 saturated heterocycles. The predicted octanol–water partition coefficient (Wildman–Crippen LogP) is 1.61. The van der Waals surface area contributed by atoms with Crippen LogP contribution in [0.25, 0.3) is 10.8 Å². The summed E-state index contributed by atoms with van der Waals surface area (Å²) in [7, 11) is 0. The van der Waals surface area contributed by atoms with Crippen LogP contribution in [0.1, 0.15) is 10.4 Å². The third kappa shape index (κ3) is 3.37. The lowest BCUT2D eigenvalue weighted by Crippen LogP contribution is -2.41. The SMILES string of the molecule is O=C(NCCN1CCOCC1)c1cccc2cc(O)ccc12. The standard InChI is InChI=1S/C17H20N2O3/c20-14-4-5-15-13(12-14)2-1-3-16(15)17(21)18-6-7-19-8-10-22-11-9-19/h1-5,12,20H,6-11H2,(H,18,21). The van der Waals surface area contributed by atoms with Crippen LogP contribution in [0.15, 0.2) is 36.4 Å². The number of phenols is 1. The number of morpholine rings is 1. The van der Waals surface area contributed by atoms with Gasteiger partial charge in [-0.3, -0.25) is 9.69 Å². The largest absolute Gasteiger partial charge is 0.508 e. The van der Waals surface area contributed by atoms with Gasteiger partial charge in [-0.05, 0) is 35.0 Å². The molecule has 1 amide bonds. The lowest BCUT2D eigenvalue weighted by Gasteiger charge is -2.26. The van der Waals surface area contributed by atoms with Crippen LogP contribution in [0.2, 0.25) is 0 Å². The molecule has 22 heavy (non-hydrogen) atoms. The molecule has 0 bridgehead atoms. The lowest BCUT2D eigenvalue weighted by atomic mass is 10.0. The molecule has 0 saturated carbocycles. The monoisotopic (exact) mass is 300 g/mol. The van der Waals surface area contributed by atoms with Crippen molar-refractivity contribution in [1.82, 2.24) is 10.2 Å². The van der Waals surface area contributed by atoms with E-state index in [-0.39, 0.29) is 11.7 Å². The van der Waals surface area contributed by atoms with Crippen molar-refractivity contribution in [3.63, 3.8) is 0 Å². The molecule has 5 nitrogen and oxygen atoms in total. The highest BCUT2D eigenvalue weighted by atomic mass is 16.5. The highest BCUT2D eigenvalue weighted by molar-refractivity contribution is 6.07. The Balaban J connectivity index is 1.64. The Kier molecular flexibility index (Phi) is 4.56. The topological polar surface area (TPSA) is 61.8 Å². The summed E-state index contributed by atoms with van der Waals surface area (Å²) in [5, 5.41) is 14.2. The van der Waals surface area contributed by atoms with Gasteiger partial charge >= 0.3 is 0 Å². The Morgan fingerprint density at radius 2 is 2.05 bits per heavy atom. The van der Waals surface area contributed by atoms with Crippen LogP contribution in [0.3, 0.4) is 0 Å². The van der Waals surface area contributed by atoms with Crippen molar-refractivity contribution in [2.24, 2.45) is 0 Å². The fourth-order valence-electron chi connectivity index (χ4n) is 2.72. The number of nitrogens with one attached hydrogen (secondary N) is 1. The van der Waals surface area contributed by atoms with Gasteiger partial charge in [0.2, 0.25) is 0 Å². The average Bonchev–Trinajstić information content (AvgIpc) is 2.55. The summed E-state index contributed by atoms with van der Waals surface area (Å²) in [6, 6.07) is 10.6. The number of hydrogen-bond acceptors (Lipinski definition) is 4. The van der Waals surface area contributed by atoms with E-state index in [9.17, 15) is 9.90 Å². The molecule has 1 heterocycles. The number of ether oxygens (including phenoxy) is 1. The molecule has 0 radical (unpaired) electrons. The summed E-state index contributed by atoms with van der Waals surface area (Å²) in [5.74, 6) is 0.127. The van der Waals surface area contributed by atoms with E-state index in [1.165, 1.54) is 0 Å². The molecule has 0 unspecified atom stereocenters. The first kappa shape index (κ1) is 14.8. The highest BCUT2D eigenvalue weighted by Crippen LogP contribution is 2.23. The number of carbonyl (C=O) groups excluding carboxylic acids is 1. The molecule has 5 heteroatoms. The van der Waals surface area contributed by atoms with Gasteiger partial charge in [-0.1, -0.05) is 12.1 Å². The van der Waals surface area contributed by atoms with Crippen molar-refractivity contribution in [2.75, 3.05) is 39.4 Å². The molecule has 2 aromatic carbocycles. The third-order valence-corrected chi connectivity index (χ3v) is 3.93. The van der Waals surface area contributed by atoms with Crippen molar-refractivity contribution >= 4 is 16.7 Å². The lowest BCUT2D eigenvalue weighted by molar-refractivity contribution is 0.0383. The van der Waals surface area contributed by atoms with Gasteiger partial charge in [0.1, 0.15) is 5.75 Å². The number of phenolic OH excluding ortho intramolecular Hbond substituents is 1. The van der Waals surface area contributed by atoms with Gasteiger partial charge in [0.05, 0.1) is 13.2 Å². The number of aromatic hydroxyl groups is 1. The maximum atomic E-state index is 12.4. The zero-order chi connectivity index (χ0) is 15.4. The van der Waals surface area contributed by atoms with E-state index in [4.69, 9.17) is 4.74 Å². The van der Waals surface area contributed by atoms with Gasteiger partial charge in [0.25, 0.3) is 5.91 Å². The summed E-state index contributed by atoms with van der Waals surface area (Å²) >= 11 is 0. The molecule has 116 valence electrons. The number of benzene rings is 2. The fraction of sp³-hybridized carbons (Fsp3) is 0.353. The second-order valence-electron chi connectivity index (χ2n) is 5.42. The molecular formula is C17H20N2O3. The molecule has 0 spiro atoms. The zero-order valence-corrected chi connectivity index (χ0v) is 12.4. The average molecular weight is 300 g/mol. The van der Waals surface area contributed by atoms with Crippen molar-refractivity contribution in [3.8, 4) is 5.75 Å². The Hall–Kier alpha value is -2.11. The second-order valence-corrected chi connectivity index (χ2v) is 5.42. The molecule has 0 aliphatic carbocycles. The van der Waals surface area contributed by atoms with Crippen molar-refractivity contribution in [2.45, 2.75) is 0 Å². The van der Waals surface area contributed by atoms with Crippen LogP contribution >= 0.6 is 0 Å². The van der Waals surface area contributed by atoms with Gasteiger partial charge in [-0.2, -0.15) is 0 Å². The molecule has 2 N–H and O–H groups in total. The van der Waals surface area contributed by atoms with E-state index in [1.54, 1.807) is 18.2 Å². The molecule has 1 aliphatic rings. The minimum atomic E-state index is -0.0791. The van der Waals surface area contributed by atoms with Crippen LogP contribution in [-0.2, 0) is 4.74 Å². The zero-order valence-electron chi connectivity index (χ0n) is 12.4. The maximum absolute atomic E-state index is 12.4. The quantitative estimate of drug-likeness (QED) is 0.900. The van der Waals surface area contributed by atoms with E-state index in [0.717, 1.165) is 43.6 Å². The maximum Gasteiger partial charge on any atom is 0.251 e. The number of carbonyl (C=O) groups is 1. The Labute approximate surface area is 129 Å². The van der Waals surface area contributed by atoms with Crippen LogP contribution in [0, 0.1) is 0 Å². The summed E-state index contributed by atoms with van der Waals surface area (Å²) < 4.78 is 5.30. The van der Waals surface area contributed by atoms with E-state index in [2.05, 4.69) is 10.2 Å². The predicted molar refractivity (Wildman–Crippen MR) is 85.2 cm³/mol. The van der Waals surface area contributed by atoms with Crippen LogP contribution in [-0.4, -0.2) is 55.3 Å². The van der Waals surface area contributed by atoms with Crippen molar-refractivity contribution in [3.05, 3.63) is 42.0 Å². The summed E-state index contributed by atoms with van der Waals surface area (Å²) in [4.78, 5) is 14.7. The first-order chi connectivity index (χ1) is 10.7. The summed E-state index contributed by atoms with van der Waals surface area (Å²) in [6.07, 6.45) is 0. The Bertz CT molecular complexity index is 666. The summed E-state index contributed by atoms with van der Waals surface area (Å²) in [5.41, 5.74) is 0.638. The van der Waals surface area contributed by atoms with Gasteiger partial charge in [0, 0.05) is 31.7 Å². The van der Waals surface area contributed by atoms with Crippen molar-refractivity contribution in [1.29, 1.82) is 0 Å². The van der Waals surface area contributed by atoms with Gasteiger partial charge in [0.15, 0.2) is 0 Å². The molecule has 0 aromatic heterocycles. The molecular weight excluding hydrogens is 280 g/mol. The van der Waals surface area contributed by atoms with E-state index in [1.807, 2.05) is 18.2 Å². The third-order valence-electron chi connectivity index (χ3n) is 3.93. The summed E-state index contributed by atoms with van der Waals surface area (Å²) in [6.45, 7) is 4.82. The number of rotatable bonds is 4. The number of nitrogens with zero attached hydrogens (tertiary/aromatic N) is 1.